The van der Waals surface area contributed by atoms with E-state index in [9.17, 15) is 0 Å². The molecule has 2 aliphatic heterocycles. The van der Waals surface area contributed by atoms with Crippen LogP contribution in [-0.2, 0) is 4.74 Å². The third-order valence-corrected chi connectivity index (χ3v) is 6.92. The molecular weight excluding hydrogens is 414 g/mol. The van der Waals surface area contributed by atoms with Crippen molar-refractivity contribution < 1.29 is 4.74 Å². The van der Waals surface area contributed by atoms with Crippen LogP contribution in [0, 0.1) is 13.8 Å². The van der Waals surface area contributed by atoms with Crippen molar-refractivity contribution in [1.82, 2.24) is 9.80 Å². The van der Waals surface area contributed by atoms with E-state index in [1.54, 1.807) is 0 Å². The van der Waals surface area contributed by atoms with Gasteiger partial charge < -0.3 is 15.0 Å². The Hall–Kier alpha value is -1.66. The van der Waals surface area contributed by atoms with E-state index in [0.29, 0.717) is 0 Å². The van der Waals surface area contributed by atoms with Gasteiger partial charge in [-0.3, -0.25) is 4.90 Å². The summed E-state index contributed by atoms with van der Waals surface area (Å²) in [5.41, 5.74) is 6.43. The maximum absolute atomic E-state index is 6.12. The summed E-state index contributed by atoms with van der Waals surface area (Å²) in [6.07, 6.45) is 1.12. The topological polar surface area (TPSA) is 27.7 Å². The van der Waals surface area contributed by atoms with Gasteiger partial charge in [0, 0.05) is 36.9 Å². The molecule has 0 saturated carbocycles. The Labute approximate surface area is 189 Å². The minimum Gasteiger partial charge on any atom is -0.379 e. The molecule has 1 fully saturated rings. The Bertz CT molecular complexity index is 881. The van der Waals surface area contributed by atoms with E-state index in [1.165, 1.54) is 28.1 Å². The number of nitrogens with zero attached hydrogens (tertiary/aromatic N) is 2. The number of ether oxygens (including phenoxy) is 1. The number of benzene rings is 2. The van der Waals surface area contributed by atoms with Gasteiger partial charge in [-0.1, -0.05) is 53.2 Å². The summed E-state index contributed by atoms with van der Waals surface area (Å²) in [6.45, 7) is 10.2. The highest BCUT2D eigenvalue weighted by atomic mass is 35.5. The molecule has 0 radical (unpaired) electrons. The molecule has 1 atom stereocenters. The van der Waals surface area contributed by atoms with Crippen molar-refractivity contribution in [1.29, 1.82) is 0 Å². The molecule has 0 bridgehead atoms. The number of thioether (sulfide) groups is 1. The van der Waals surface area contributed by atoms with E-state index in [4.69, 9.17) is 16.3 Å². The maximum atomic E-state index is 6.12. The molecule has 2 heterocycles. The second kappa shape index (κ2) is 10.1. The monoisotopic (exact) mass is 443 g/mol. The van der Waals surface area contributed by atoms with Crippen molar-refractivity contribution >= 4 is 34.7 Å². The van der Waals surface area contributed by atoms with Crippen LogP contribution < -0.4 is 5.32 Å². The minimum atomic E-state index is 0.182. The summed E-state index contributed by atoms with van der Waals surface area (Å²) >= 11 is 7.96. The molecule has 160 valence electrons. The maximum Gasteiger partial charge on any atom is 0.152 e. The average Bonchev–Trinajstić information content (AvgIpc) is 3.14. The lowest BCUT2D eigenvalue weighted by atomic mass is 10.1. The highest BCUT2D eigenvalue weighted by molar-refractivity contribution is 8.03. The normalized spacial score (nSPS) is 19.8. The van der Waals surface area contributed by atoms with Crippen molar-refractivity contribution in [2.45, 2.75) is 25.8 Å². The zero-order chi connectivity index (χ0) is 20.9. The third kappa shape index (κ3) is 5.33. The fourth-order valence-electron chi connectivity index (χ4n) is 4.00. The number of hydrogen-bond acceptors (Lipinski definition) is 5. The Kier molecular flexibility index (Phi) is 7.26. The molecule has 1 saturated heterocycles. The quantitative estimate of drug-likeness (QED) is 0.616. The highest BCUT2D eigenvalue weighted by Crippen LogP contribution is 2.38. The van der Waals surface area contributed by atoms with Gasteiger partial charge in [-0.15, -0.1) is 0 Å². The van der Waals surface area contributed by atoms with Crippen LogP contribution in [0.3, 0.4) is 0 Å². The molecular formula is C24H30ClN3OS. The van der Waals surface area contributed by atoms with Crippen LogP contribution in [0.1, 0.15) is 23.1 Å². The molecule has 1 unspecified atom stereocenters. The summed E-state index contributed by atoms with van der Waals surface area (Å²) in [7, 11) is 0. The lowest BCUT2D eigenvalue weighted by Gasteiger charge is -2.32. The summed E-state index contributed by atoms with van der Waals surface area (Å²) in [4.78, 5) is 5.00. The summed E-state index contributed by atoms with van der Waals surface area (Å²) in [5, 5.41) is 6.81. The average molecular weight is 444 g/mol. The van der Waals surface area contributed by atoms with Gasteiger partial charge in [0.25, 0.3) is 0 Å². The van der Waals surface area contributed by atoms with E-state index in [2.05, 4.69) is 64.7 Å². The van der Waals surface area contributed by atoms with Gasteiger partial charge in [0.05, 0.1) is 18.9 Å². The predicted molar refractivity (Wildman–Crippen MR) is 129 cm³/mol. The molecule has 4 rings (SSSR count). The van der Waals surface area contributed by atoms with E-state index >= 15 is 0 Å². The molecule has 2 aromatic rings. The Morgan fingerprint density at radius 1 is 1.07 bits per heavy atom. The number of halogens is 1. The largest absolute Gasteiger partial charge is 0.379 e. The molecule has 2 aliphatic rings. The first-order chi connectivity index (χ1) is 14.6. The summed E-state index contributed by atoms with van der Waals surface area (Å²) < 4.78 is 5.48. The van der Waals surface area contributed by atoms with Crippen LogP contribution in [0.15, 0.2) is 47.9 Å². The first kappa shape index (κ1) is 21.6. The highest BCUT2D eigenvalue weighted by Gasteiger charge is 2.28. The van der Waals surface area contributed by atoms with Crippen molar-refractivity contribution in [3.8, 4) is 0 Å². The molecule has 0 aromatic heterocycles. The van der Waals surface area contributed by atoms with E-state index in [-0.39, 0.29) is 5.50 Å². The summed E-state index contributed by atoms with van der Waals surface area (Å²) in [6, 6.07) is 14.8. The number of morpholine rings is 1. The Morgan fingerprint density at radius 3 is 2.57 bits per heavy atom. The molecule has 0 aliphatic carbocycles. The third-order valence-electron chi connectivity index (χ3n) is 5.68. The molecule has 0 amide bonds. The Morgan fingerprint density at radius 2 is 1.83 bits per heavy atom. The van der Waals surface area contributed by atoms with Gasteiger partial charge in [0.2, 0.25) is 0 Å². The molecule has 30 heavy (non-hydrogen) atoms. The number of nitrogens with one attached hydrogen (secondary N) is 1. The van der Waals surface area contributed by atoms with Crippen molar-refractivity contribution in [2.75, 3.05) is 44.7 Å². The number of aryl methyl sites for hydroxylation is 2. The second-order valence-electron chi connectivity index (χ2n) is 7.96. The lowest BCUT2D eigenvalue weighted by molar-refractivity contribution is 0.0367. The molecule has 1 N–H and O–H groups in total. The molecule has 4 nitrogen and oxygen atoms in total. The van der Waals surface area contributed by atoms with Gasteiger partial charge in [0.1, 0.15) is 0 Å². The molecule has 6 heteroatoms. The number of hydrogen-bond donors (Lipinski definition) is 1. The van der Waals surface area contributed by atoms with Crippen molar-refractivity contribution in [3.05, 3.63) is 69.6 Å². The van der Waals surface area contributed by atoms with Crippen molar-refractivity contribution in [2.24, 2.45) is 0 Å². The van der Waals surface area contributed by atoms with Crippen LogP contribution in [0.25, 0.3) is 5.70 Å². The summed E-state index contributed by atoms with van der Waals surface area (Å²) in [5.74, 6) is 0. The van der Waals surface area contributed by atoms with Gasteiger partial charge in [-0.05, 0) is 55.0 Å². The first-order valence-electron chi connectivity index (χ1n) is 10.6. The van der Waals surface area contributed by atoms with E-state index < -0.39 is 0 Å². The van der Waals surface area contributed by atoms with Crippen molar-refractivity contribution in [3.63, 3.8) is 0 Å². The fourth-order valence-corrected chi connectivity index (χ4v) is 5.21. The molecule has 2 aromatic carbocycles. The zero-order valence-electron chi connectivity index (χ0n) is 17.7. The number of rotatable bonds is 7. The van der Waals surface area contributed by atoms with Gasteiger partial charge in [-0.2, -0.15) is 0 Å². The second-order valence-corrected chi connectivity index (χ2v) is 9.35. The van der Waals surface area contributed by atoms with Gasteiger partial charge in [0.15, 0.2) is 5.50 Å². The van der Waals surface area contributed by atoms with E-state index in [1.807, 2.05) is 23.9 Å². The lowest BCUT2D eigenvalue weighted by Crippen LogP contribution is -2.39. The van der Waals surface area contributed by atoms with E-state index in [0.717, 1.165) is 50.8 Å². The zero-order valence-corrected chi connectivity index (χ0v) is 19.3. The van der Waals surface area contributed by atoms with Crippen LogP contribution in [0.2, 0.25) is 5.02 Å². The van der Waals surface area contributed by atoms with Crippen LogP contribution in [-0.4, -0.2) is 54.7 Å². The minimum absolute atomic E-state index is 0.182. The first-order valence-corrected chi connectivity index (χ1v) is 11.9. The molecule has 0 spiro atoms. The van der Waals surface area contributed by atoms with Gasteiger partial charge in [-0.25, -0.2) is 0 Å². The smallest absolute Gasteiger partial charge is 0.152 e. The number of anilines is 1. The predicted octanol–water partition coefficient (Wildman–Crippen LogP) is 5.42. The van der Waals surface area contributed by atoms with Gasteiger partial charge >= 0.3 is 0 Å². The Balaban J connectivity index is 1.47. The van der Waals surface area contributed by atoms with Crippen LogP contribution in [0.4, 0.5) is 5.69 Å². The van der Waals surface area contributed by atoms with Crippen LogP contribution in [0.5, 0.6) is 0 Å². The van der Waals surface area contributed by atoms with Crippen LogP contribution >= 0.6 is 23.4 Å². The standard InChI is InChI=1S/C24H30ClN3OS/c1-18-4-9-22(19(2)16-18)26-24-28(11-3-10-27-12-14-29-15-13-27)23(17-30-24)20-5-7-21(25)8-6-20/h4-9,16-17,24,26H,3,10-15H2,1-2H3. The fraction of sp³-hybridized carbons (Fsp3) is 0.417. The SMILES string of the molecule is Cc1ccc(NC2SC=C(c3ccc(Cl)cc3)N2CCCN2CCOCC2)c(C)c1.